The highest BCUT2D eigenvalue weighted by molar-refractivity contribution is 8.15. The molecule has 1 atom stereocenters. The predicted molar refractivity (Wildman–Crippen MR) is 90.8 cm³/mol. The molecule has 0 aromatic heterocycles. The fraction of sp³-hybridized carbons (Fsp3) is 0.231. The van der Waals surface area contributed by atoms with Crippen molar-refractivity contribution in [3.8, 4) is 0 Å². The largest absolute Gasteiger partial charge is 0.326 e. The van der Waals surface area contributed by atoms with Crippen LogP contribution < -0.4 is 10.6 Å². The summed E-state index contributed by atoms with van der Waals surface area (Å²) in [5.74, 6) is -0.564. The number of carbonyl (C=O) groups is 2. The molecular weight excluding hydrogens is 347 g/mol. The van der Waals surface area contributed by atoms with Crippen LogP contribution >= 0.6 is 35.0 Å². The van der Waals surface area contributed by atoms with Gasteiger partial charge in [-0.1, -0.05) is 35.0 Å². The van der Waals surface area contributed by atoms with Gasteiger partial charge in [0.25, 0.3) is 0 Å². The van der Waals surface area contributed by atoms with E-state index in [1.54, 1.807) is 25.1 Å². The average molecular weight is 359 g/mol. The Morgan fingerprint density at radius 1 is 1.45 bits per heavy atom. The molecule has 1 aliphatic rings. The number of benzene rings is 1. The van der Waals surface area contributed by atoms with Gasteiger partial charge in [-0.2, -0.15) is 5.10 Å². The van der Waals surface area contributed by atoms with Gasteiger partial charge in [0.15, 0.2) is 5.17 Å². The number of thioether (sulfide) groups is 1. The number of anilines is 1. The van der Waals surface area contributed by atoms with Gasteiger partial charge in [0.2, 0.25) is 11.8 Å². The van der Waals surface area contributed by atoms with Crippen molar-refractivity contribution >= 4 is 63.8 Å². The predicted octanol–water partition coefficient (Wildman–Crippen LogP) is 2.92. The number of halogens is 2. The van der Waals surface area contributed by atoms with Crippen LogP contribution in [0.5, 0.6) is 0 Å². The minimum absolute atomic E-state index is 0.0194. The molecule has 0 spiro atoms. The van der Waals surface area contributed by atoms with Crippen LogP contribution in [0.25, 0.3) is 0 Å². The van der Waals surface area contributed by atoms with E-state index in [1.165, 1.54) is 18.0 Å². The van der Waals surface area contributed by atoms with Gasteiger partial charge >= 0.3 is 0 Å². The Morgan fingerprint density at radius 3 is 2.91 bits per heavy atom. The van der Waals surface area contributed by atoms with Crippen molar-refractivity contribution in [2.45, 2.75) is 18.6 Å². The zero-order chi connectivity index (χ0) is 16.1. The van der Waals surface area contributed by atoms with Gasteiger partial charge in [0.05, 0.1) is 10.0 Å². The van der Waals surface area contributed by atoms with Crippen molar-refractivity contribution in [2.24, 2.45) is 10.2 Å². The van der Waals surface area contributed by atoms with Crippen LogP contribution in [0.1, 0.15) is 13.3 Å². The Bertz CT molecular complexity index is 663. The van der Waals surface area contributed by atoms with Gasteiger partial charge in [0.1, 0.15) is 5.25 Å². The molecule has 0 saturated carbocycles. The smallest absolute Gasteiger partial charge is 0.240 e. The number of carbonyl (C=O) groups excluding carboxylic acids is 2. The molecule has 0 aliphatic carbocycles. The van der Waals surface area contributed by atoms with E-state index >= 15 is 0 Å². The molecule has 6 nitrogen and oxygen atoms in total. The van der Waals surface area contributed by atoms with Crippen LogP contribution in [0.4, 0.5) is 5.69 Å². The minimum Gasteiger partial charge on any atom is -0.326 e. The molecule has 1 saturated heterocycles. The van der Waals surface area contributed by atoms with E-state index in [0.29, 0.717) is 20.9 Å². The maximum absolute atomic E-state index is 12.0. The van der Waals surface area contributed by atoms with Crippen molar-refractivity contribution in [2.75, 3.05) is 5.32 Å². The molecule has 2 N–H and O–H groups in total. The number of nitrogens with zero attached hydrogens (tertiary/aromatic N) is 2. The molecule has 1 aromatic carbocycles. The van der Waals surface area contributed by atoms with E-state index in [0.717, 1.165) is 0 Å². The van der Waals surface area contributed by atoms with E-state index in [-0.39, 0.29) is 18.2 Å². The number of hydrogen-bond acceptors (Lipinski definition) is 5. The Kier molecular flexibility index (Phi) is 5.82. The summed E-state index contributed by atoms with van der Waals surface area (Å²) in [6, 6.07) is 4.77. The second kappa shape index (κ2) is 7.62. The highest BCUT2D eigenvalue weighted by Crippen LogP contribution is 2.26. The molecule has 1 aromatic rings. The normalized spacial score (nSPS) is 19.7. The number of rotatable bonds is 4. The van der Waals surface area contributed by atoms with E-state index < -0.39 is 5.25 Å². The molecule has 0 bridgehead atoms. The lowest BCUT2D eigenvalue weighted by molar-refractivity contribution is -0.122. The molecule has 9 heteroatoms. The third-order valence-corrected chi connectivity index (χ3v) is 4.43. The van der Waals surface area contributed by atoms with E-state index in [4.69, 9.17) is 23.2 Å². The van der Waals surface area contributed by atoms with Gasteiger partial charge in [-0.3, -0.25) is 9.59 Å². The quantitative estimate of drug-likeness (QED) is 0.641. The summed E-state index contributed by atoms with van der Waals surface area (Å²) in [7, 11) is 0. The summed E-state index contributed by atoms with van der Waals surface area (Å²) in [5, 5.41) is 13.3. The van der Waals surface area contributed by atoms with Gasteiger partial charge in [-0.15, -0.1) is 5.10 Å². The van der Waals surface area contributed by atoms with Crippen LogP contribution in [0, 0.1) is 0 Å². The van der Waals surface area contributed by atoms with Crippen LogP contribution in [0.3, 0.4) is 0 Å². The van der Waals surface area contributed by atoms with Gasteiger partial charge < -0.3 is 10.6 Å². The van der Waals surface area contributed by atoms with Crippen LogP contribution in [0.15, 0.2) is 28.4 Å². The monoisotopic (exact) mass is 358 g/mol. The highest BCUT2D eigenvalue weighted by atomic mass is 35.5. The second-order valence-electron chi connectivity index (χ2n) is 4.26. The summed E-state index contributed by atoms with van der Waals surface area (Å²) < 4.78 is 0. The Balaban J connectivity index is 1.94. The summed E-state index contributed by atoms with van der Waals surface area (Å²) in [6.45, 7) is 1.72. The topological polar surface area (TPSA) is 82.9 Å². The first-order chi connectivity index (χ1) is 10.5. The zero-order valence-electron chi connectivity index (χ0n) is 11.5. The summed E-state index contributed by atoms with van der Waals surface area (Å²) in [6.07, 6.45) is 1.52. The molecule has 116 valence electrons. The standard InChI is InChI=1S/C13H12Cl2N4O2S/c1-2-16-19-13-18-12(21)10(22-13)6-11(20)17-7-3-4-8(14)9(15)5-7/h2-5,10H,6H2,1H3,(H,17,20)(H,18,19,21)/b16-2-/t10-/m0/s1. The number of nitrogens with one attached hydrogen (secondary N) is 2. The average Bonchev–Trinajstić information content (AvgIpc) is 2.81. The van der Waals surface area contributed by atoms with Crippen molar-refractivity contribution in [1.29, 1.82) is 0 Å². The highest BCUT2D eigenvalue weighted by Gasteiger charge is 2.32. The third kappa shape index (κ3) is 4.46. The minimum atomic E-state index is -0.534. The molecular formula is C13H12Cl2N4O2S. The fourth-order valence-corrected chi connectivity index (χ4v) is 2.87. The van der Waals surface area contributed by atoms with E-state index in [1.807, 2.05) is 0 Å². The number of hydrogen-bond donors (Lipinski definition) is 2. The summed E-state index contributed by atoms with van der Waals surface area (Å²) >= 11 is 12.9. The van der Waals surface area contributed by atoms with Gasteiger partial charge in [-0.25, -0.2) is 0 Å². The lowest BCUT2D eigenvalue weighted by Gasteiger charge is -2.08. The SMILES string of the molecule is C/C=N\N=C1/NC(=O)[C@H](CC(=O)Nc2ccc(Cl)c(Cl)c2)S1. The van der Waals surface area contributed by atoms with Crippen LogP contribution in [0.2, 0.25) is 10.0 Å². The molecule has 1 aliphatic heterocycles. The fourth-order valence-electron chi connectivity index (χ4n) is 1.65. The zero-order valence-corrected chi connectivity index (χ0v) is 13.8. The Labute approximate surface area is 141 Å². The van der Waals surface area contributed by atoms with Crippen molar-refractivity contribution < 1.29 is 9.59 Å². The first-order valence-corrected chi connectivity index (χ1v) is 7.91. The third-order valence-electron chi connectivity index (χ3n) is 2.61. The number of amides is 2. The van der Waals surface area contributed by atoms with E-state index in [9.17, 15) is 9.59 Å². The molecule has 0 radical (unpaired) electrons. The Morgan fingerprint density at radius 2 is 2.23 bits per heavy atom. The summed E-state index contributed by atoms with van der Waals surface area (Å²) in [5.41, 5.74) is 0.521. The van der Waals surface area contributed by atoms with Crippen molar-refractivity contribution in [3.05, 3.63) is 28.2 Å². The molecule has 1 heterocycles. The maximum atomic E-state index is 12.0. The van der Waals surface area contributed by atoms with Gasteiger partial charge in [0, 0.05) is 18.3 Å². The lowest BCUT2D eigenvalue weighted by atomic mass is 10.2. The molecule has 2 rings (SSSR count). The van der Waals surface area contributed by atoms with Crippen molar-refractivity contribution in [1.82, 2.24) is 5.32 Å². The lowest BCUT2D eigenvalue weighted by Crippen LogP contribution is -2.28. The molecule has 2 amide bonds. The maximum Gasteiger partial charge on any atom is 0.240 e. The second-order valence-corrected chi connectivity index (χ2v) is 6.26. The van der Waals surface area contributed by atoms with E-state index in [2.05, 4.69) is 20.8 Å². The summed E-state index contributed by atoms with van der Waals surface area (Å²) in [4.78, 5) is 23.7. The van der Waals surface area contributed by atoms with Crippen LogP contribution in [-0.2, 0) is 9.59 Å². The molecule has 0 unspecified atom stereocenters. The van der Waals surface area contributed by atoms with Crippen molar-refractivity contribution in [3.63, 3.8) is 0 Å². The van der Waals surface area contributed by atoms with Gasteiger partial charge in [-0.05, 0) is 25.1 Å². The number of amidine groups is 1. The molecule has 22 heavy (non-hydrogen) atoms. The molecule has 1 fully saturated rings. The Hall–Kier alpha value is -1.57. The first kappa shape index (κ1) is 16.8. The first-order valence-electron chi connectivity index (χ1n) is 6.27. The van der Waals surface area contributed by atoms with Crippen LogP contribution in [-0.4, -0.2) is 28.4 Å².